The molecule has 1 aromatic carbocycles. The first-order valence-corrected chi connectivity index (χ1v) is 8.93. The lowest BCUT2D eigenvalue weighted by atomic mass is 9.77. The number of aromatic amines is 1. The van der Waals surface area contributed by atoms with Gasteiger partial charge in [0.1, 0.15) is 0 Å². The number of rotatable bonds is 4. The van der Waals surface area contributed by atoms with E-state index in [0.29, 0.717) is 23.2 Å². The van der Waals surface area contributed by atoms with E-state index in [1.54, 1.807) is 0 Å². The molecule has 24 heavy (non-hydrogen) atoms. The summed E-state index contributed by atoms with van der Waals surface area (Å²) in [5, 5.41) is 14.5. The number of carbonyl (C=O) groups excluding carboxylic acids is 1. The van der Waals surface area contributed by atoms with Crippen molar-refractivity contribution in [3.05, 3.63) is 51.8 Å². The lowest BCUT2D eigenvalue weighted by Crippen LogP contribution is -2.37. The molecule has 1 fully saturated rings. The number of hydrogen-bond acceptors (Lipinski definition) is 3. The number of amides is 1. The topological polar surface area (TPSA) is 69.8 Å². The molecule has 1 saturated carbocycles. The summed E-state index contributed by atoms with van der Waals surface area (Å²) in [5.74, 6) is 0.395. The fraction of sp³-hybridized carbons (Fsp3) is 0.444. The average molecular weight is 345 g/mol. The highest BCUT2D eigenvalue weighted by molar-refractivity contribution is 6.30. The second-order valence-corrected chi connectivity index (χ2v) is 7.09. The minimum Gasteiger partial charge on any atom is -0.344 e. The van der Waals surface area contributed by atoms with Crippen molar-refractivity contribution in [2.45, 2.75) is 38.3 Å². The van der Waals surface area contributed by atoms with Crippen LogP contribution < -0.4 is 10.6 Å². The van der Waals surface area contributed by atoms with E-state index in [9.17, 15) is 4.79 Å². The summed E-state index contributed by atoms with van der Waals surface area (Å²) in [6.07, 6.45) is 4.41. The van der Waals surface area contributed by atoms with Gasteiger partial charge in [-0.1, -0.05) is 30.2 Å². The van der Waals surface area contributed by atoms with Gasteiger partial charge in [0.2, 0.25) is 0 Å². The predicted molar refractivity (Wildman–Crippen MR) is 93.0 cm³/mol. The first-order valence-electron chi connectivity index (χ1n) is 8.55. The third kappa shape index (κ3) is 2.94. The Morgan fingerprint density at radius 3 is 2.79 bits per heavy atom. The molecule has 2 aliphatic rings. The lowest BCUT2D eigenvalue weighted by Gasteiger charge is -2.34. The summed E-state index contributed by atoms with van der Waals surface area (Å²) in [5.41, 5.74) is 3.71. The van der Waals surface area contributed by atoms with Crippen LogP contribution in [-0.4, -0.2) is 22.6 Å². The van der Waals surface area contributed by atoms with Crippen LogP contribution in [0.3, 0.4) is 0 Å². The summed E-state index contributed by atoms with van der Waals surface area (Å²) in [6, 6.07) is 7.80. The van der Waals surface area contributed by atoms with Crippen molar-refractivity contribution in [2.24, 2.45) is 5.92 Å². The van der Waals surface area contributed by atoms with Crippen LogP contribution in [0.25, 0.3) is 0 Å². The van der Waals surface area contributed by atoms with Gasteiger partial charge in [0.25, 0.3) is 5.91 Å². The van der Waals surface area contributed by atoms with Crippen molar-refractivity contribution in [3.8, 4) is 0 Å². The first-order chi connectivity index (χ1) is 11.7. The smallest absolute Gasteiger partial charge is 0.272 e. The van der Waals surface area contributed by atoms with Crippen LogP contribution in [0.4, 0.5) is 0 Å². The van der Waals surface area contributed by atoms with Crippen molar-refractivity contribution in [3.63, 3.8) is 0 Å². The van der Waals surface area contributed by atoms with E-state index in [0.717, 1.165) is 42.6 Å². The van der Waals surface area contributed by atoms with Crippen LogP contribution in [0.1, 0.15) is 52.6 Å². The molecule has 0 radical (unpaired) electrons. The molecular formula is C18H21ClN4O. The number of nitrogens with one attached hydrogen (secondary N) is 3. The number of benzene rings is 1. The maximum atomic E-state index is 12.8. The Hall–Kier alpha value is -1.85. The summed E-state index contributed by atoms with van der Waals surface area (Å²) >= 11 is 6.00. The third-order valence-electron chi connectivity index (χ3n) is 5.16. The highest BCUT2D eigenvalue weighted by atomic mass is 35.5. The maximum absolute atomic E-state index is 12.8. The van der Waals surface area contributed by atoms with Gasteiger partial charge >= 0.3 is 0 Å². The first kappa shape index (κ1) is 15.7. The fourth-order valence-electron chi connectivity index (χ4n) is 3.54. The third-order valence-corrected chi connectivity index (χ3v) is 5.41. The molecule has 1 aliphatic heterocycles. The maximum Gasteiger partial charge on any atom is 0.272 e. The molecule has 2 heterocycles. The molecule has 1 unspecified atom stereocenters. The van der Waals surface area contributed by atoms with Gasteiger partial charge in [-0.25, -0.2) is 0 Å². The highest BCUT2D eigenvalue weighted by Crippen LogP contribution is 2.38. The summed E-state index contributed by atoms with van der Waals surface area (Å²) in [4.78, 5) is 12.8. The Morgan fingerprint density at radius 2 is 2.08 bits per heavy atom. The van der Waals surface area contributed by atoms with Crippen molar-refractivity contribution in [1.82, 2.24) is 20.8 Å². The Labute approximate surface area is 146 Å². The Kier molecular flexibility index (Phi) is 4.29. The van der Waals surface area contributed by atoms with Crippen LogP contribution >= 0.6 is 11.6 Å². The molecule has 0 spiro atoms. The molecule has 0 saturated heterocycles. The van der Waals surface area contributed by atoms with Gasteiger partial charge < -0.3 is 10.6 Å². The van der Waals surface area contributed by atoms with Gasteiger partial charge in [-0.3, -0.25) is 9.89 Å². The normalized spacial score (nSPS) is 18.5. The number of H-pyrrole nitrogens is 1. The average Bonchev–Trinajstić information content (AvgIpc) is 2.97. The lowest BCUT2D eigenvalue weighted by molar-refractivity contribution is 0.0894. The van der Waals surface area contributed by atoms with Gasteiger partial charge in [-0.2, -0.15) is 5.10 Å². The zero-order valence-corrected chi connectivity index (χ0v) is 14.2. The van der Waals surface area contributed by atoms with E-state index in [-0.39, 0.29) is 11.9 Å². The van der Waals surface area contributed by atoms with Gasteiger partial charge in [-0.05, 0) is 36.5 Å². The second-order valence-electron chi connectivity index (χ2n) is 6.65. The molecule has 1 aromatic heterocycles. The van der Waals surface area contributed by atoms with Crippen LogP contribution in [0.5, 0.6) is 0 Å². The van der Waals surface area contributed by atoms with Crippen molar-refractivity contribution in [1.29, 1.82) is 0 Å². The monoisotopic (exact) mass is 344 g/mol. The molecule has 0 bridgehead atoms. The molecule has 1 aliphatic carbocycles. The van der Waals surface area contributed by atoms with Crippen molar-refractivity contribution >= 4 is 17.5 Å². The van der Waals surface area contributed by atoms with Crippen molar-refractivity contribution < 1.29 is 4.79 Å². The quantitative estimate of drug-likeness (QED) is 0.798. The van der Waals surface area contributed by atoms with Crippen LogP contribution in [0.2, 0.25) is 5.02 Å². The number of hydrogen-bond donors (Lipinski definition) is 3. The Bertz CT molecular complexity index is 736. The van der Waals surface area contributed by atoms with Crippen molar-refractivity contribution in [2.75, 3.05) is 6.54 Å². The minimum absolute atomic E-state index is 0.0208. The Morgan fingerprint density at radius 1 is 1.29 bits per heavy atom. The van der Waals surface area contributed by atoms with E-state index in [1.807, 2.05) is 24.3 Å². The molecule has 4 rings (SSSR count). The molecule has 3 N–H and O–H groups in total. The fourth-order valence-corrected chi connectivity index (χ4v) is 3.67. The van der Waals surface area contributed by atoms with Crippen LogP contribution in [0, 0.1) is 5.92 Å². The van der Waals surface area contributed by atoms with E-state index < -0.39 is 0 Å². The standard InChI is InChI=1S/C18H21ClN4O/c19-13-6-4-12(5-7-13)16(11-2-1-3-11)21-18(24)17-14-10-20-9-8-15(14)22-23-17/h4-7,11,16,20H,1-3,8-10H2,(H,21,24)(H,22,23). The molecular weight excluding hydrogens is 324 g/mol. The highest BCUT2D eigenvalue weighted by Gasteiger charge is 2.31. The van der Waals surface area contributed by atoms with Gasteiger partial charge in [-0.15, -0.1) is 0 Å². The molecule has 1 atom stereocenters. The van der Waals surface area contributed by atoms with Gasteiger partial charge in [0.15, 0.2) is 5.69 Å². The Balaban J connectivity index is 1.57. The SMILES string of the molecule is O=C(NC(c1ccc(Cl)cc1)C1CCC1)c1n[nH]c2c1CNCC2. The summed E-state index contributed by atoms with van der Waals surface area (Å²) in [7, 11) is 0. The zero-order chi connectivity index (χ0) is 16.5. The largest absolute Gasteiger partial charge is 0.344 e. The second kappa shape index (κ2) is 6.57. The summed E-state index contributed by atoms with van der Waals surface area (Å²) in [6.45, 7) is 1.62. The molecule has 6 heteroatoms. The predicted octanol–water partition coefficient (Wildman–Crippen LogP) is 2.98. The van der Waals surface area contributed by atoms with E-state index in [4.69, 9.17) is 11.6 Å². The summed E-state index contributed by atoms with van der Waals surface area (Å²) < 4.78 is 0. The number of fused-ring (bicyclic) bond motifs is 1. The number of nitrogens with zero attached hydrogens (tertiary/aromatic N) is 1. The van der Waals surface area contributed by atoms with Crippen LogP contribution in [0.15, 0.2) is 24.3 Å². The minimum atomic E-state index is -0.0944. The number of halogens is 1. The number of aromatic nitrogens is 2. The van der Waals surface area contributed by atoms with Crippen LogP contribution in [-0.2, 0) is 13.0 Å². The van der Waals surface area contributed by atoms with E-state index in [2.05, 4.69) is 20.8 Å². The zero-order valence-electron chi connectivity index (χ0n) is 13.4. The van der Waals surface area contributed by atoms with Gasteiger partial charge in [0.05, 0.1) is 6.04 Å². The molecule has 1 amide bonds. The molecule has 2 aromatic rings. The molecule has 126 valence electrons. The van der Waals surface area contributed by atoms with Gasteiger partial charge in [0, 0.05) is 35.8 Å². The van der Waals surface area contributed by atoms with E-state index in [1.165, 1.54) is 6.42 Å². The molecule has 5 nitrogen and oxygen atoms in total. The van der Waals surface area contributed by atoms with E-state index >= 15 is 0 Å². The number of carbonyl (C=O) groups is 1.